The van der Waals surface area contributed by atoms with E-state index >= 15 is 0 Å². The molecule has 1 heterocycles. The summed E-state index contributed by atoms with van der Waals surface area (Å²) in [6.07, 6.45) is -4.56. The Balaban J connectivity index is 1.24. The number of hydrogen-bond acceptors (Lipinski definition) is 6. The molecule has 0 radical (unpaired) electrons. The van der Waals surface area contributed by atoms with Crippen LogP contribution in [0.4, 0.5) is 26.3 Å². The van der Waals surface area contributed by atoms with Gasteiger partial charge in [0.1, 0.15) is 13.2 Å². The molecule has 1 aromatic rings. The van der Waals surface area contributed by atoms with Gasteiger partial charge in [-0.15, -0.1) is 0 Å². The molecule has 1 spiro atoms. The summed E-state index contributed by atoms with van der Waals surface area (Å²) < 4.78 is 83.4. The fraction of sp³-hybridized carbons (Fsp3) is 0.615. The van der Waals surface area contributed by atoms with Gasteiger partial charge in [0.2, 0.25) is 0 Å². The Bertz CT molecular complexity index is 998. The van der Waals surface area contributed by atoms with E-state index < -0.39 is 43.5 Å². The second kappa shape index (κ2) is 10.9. The van der Waals surface area contributed by atoms with Gasteiger partial charge in [-0.1, -0.05) is 48.9 Å². The number of likely N-dealkylation sites (tertiary alicyclic amines) is 1. The van der Waals surface area contributed by atoms with E-state index in [0.717, 1.165) is 25.7 Å². The minimum Gasteiger partial charge on any atom is -0.457 e. The molecule has 1 aliphatic heterocycles. The van der Waals surface area contributed by atoms with Gasteiger partial charge in [-0.3, -0.25) is 4.90 Å². The van der Waals surface area contributed by atoms with Crippen molar-refractivity contribution in [3.8, 4) is 0 Å². The van der Waals surface area contributed by atoms with Crippen molar-refractivity contribution in [2.24, 2.45) is 11.3 Å². The Hall–Kier alpha value is -2.60. The van der Waals surface area contributed by atoms with Crippen LogP contribution in [-0.2, 0) is 19.1 Å². The first-order valence-corrected chi connectivity index (χ1v) is 12.5. The van der Waals surface area contributed by atoms with Crippen molar-refractivity contribution in [1.82, 2.24) is 10.2 Å². The van der Waals surface area contributed by atoms with Crippen LogP contribution in [0.15, 0.2) is 35.9 Å². The van der Waals surface area contributed by atoms with Crippen molar-refractivity contribution in [2.75, 3.05) is 26.3 Å². The molecule has 2 atom stereocenters. The van der Waals surface area contributed by atoms with Gasteiger partial charge in [0, 0.05) is 25.2 Å². The van der Waals surface area contributed by atoms with Gasteiger partial charge < -0.3 is 14.8 Å². The lowest BCUT2D eigenvalue weighted by atomic mass is 9.60. The number of nitrogens with zero attached hydrogens (tertiary/aromatic N) is 1. The SMILES string of the molecule is CC/C(=C\c1ccccc1)[C@@H]1C[C@H]1NC1CC2(C1)CN(C(COC(=O)C(F)(F)F)COC(=O)C(F)(F)F)C2. The zero-order valence-corrected chi connectivity index (χ0v) is 20.8. The summed E-state index contributed by atoms with van der Waals surface area (Å²) in [6, 6.07) is 9.69. The molecule has 38 heavy (non-hydrogen) atoms. The number of carbonyl (C=O) groups excluding carboxylic acids is 2. The zero-order chi connectivity index (χ0) is 27.7. The standard InChI is InChI=1S/C26H30F6N2O4/c1-2-17(8-16-6-4-3-5-7-16)20-9-21(20)33-18-10-24(11-18)14-34(15-24)19(12-37-22(35)25(27,28)29)13-38-23(36)26(30,31)32/h3-8,18-21,33H,2,9-15H2,1H3/b17-8+/t20-,21+/m0/s1. The second-order valence-corrected chi connectivity index (χ2v) is 10.5. The van der Waals surface area contributed by atoms with Gasteiger partial charge in [0.15, 0.2) is 0 Å². The smallest absolute Gasteiger partial charge is 0.457 e. The summed E-state index contributed by atoms with van der Waals surface area (Å²) in [5.41, 5.74) is 2.46. The normalized spacial score (nSPS) is 23.6. The topological polar surface area (TPSA) is 67.9 Å². The third-order valence-electron chi connectivity index (χ3n) is 7.51. The number of carbonyl (C=O) groups is 2. The van der Waals surface area contributed by atoms with Gasteiger partial charge in [-0.2, -0.15) is 26.3 Å². The van der Waals surface area contributed by atoms with Crippen molar-refractivity contribution in [3.05, 3.63) is 41.5 Å². The van der Waals surface area contributed by atoms with Crippen LogP contribution >= 0.6 is 0 Å². The Morgan fingerprint density at radius 3 is 2.08 bits per heavy atom. The largest absolute Gasteiger partial charge is 0.490 e. The number of hydrogen-bond donors (Lipinski definition) is 1. The average molecular weight is 549 g/mol. The number of halogens is 6. The number of esters is 2. The molecule has 1 aromatic carbocycles. The summed E-state index contributed by atoms with van der Waals surface area (Å²) in [5.74, 6) is -4.41. The zero-order valence-electron chi connectivity index (χ0n) is 20.8. The molecule has 3 aliphatic rings. The molecular formula is C26H30F6N2O4. The minimum absolute atomic E-state index is 0.101. The number of ether oxygens (including phenoxy) is 2. The molecule has 1 saturated heterocycles. The molecule has 6 nitrogen and oxygen atoms in total. The third-order valence-corrected chi connectivity index (χ3v) is 7.51. The molecule has 12 heteroatoms. The Morgan fingerprint density at radius 1 is 1.03 bits per heavy atom. The molecule has 0 amide bonds. The molecule has 0 aromatic heterocycles. The second-order valence-electron chi connectivity index (χ2n) is 10.5. The first-order chi connectivity index (χ1) is 17.8. The van der Waals surface area contributed by atoms with Crippen LogP contribution in [0.5, 0.6) is 0 Å². The van der Waals surface area contributed by atoms with Crippen LogP contribution in [-0.4, -0.2) is 73.6 Å². The van der Waals surface area contributed by atoms with Gasteiger partial charge in [-0.25, -0.2) is 9.59 Å². The van der Waals surface area contributed by atoms with E-state index in [2.05, 4.69) is 39.9 Å². The highest BCUT2D eigenvalue weighted by Crippen LogP contribution is 2.51. The Labute approximate surface area is 216 Å². The van der Waals surface area contributed by atoms with E-state index in [1.54, 1.807) is 4.90 Å². The fourth-order valence-electron chi connectivity index (χ4n) is 5.53. The van der Waals surface area contributed by atoms with E-state index in [9.17, 15) is 35.9 Å². The van der Waals surface area contributed by atoms with Crippen molar-refractivity contribution in [1.29, 1.82) is 0 Å². The summed E-state index contributed by atoms with van der Waals surface area (Å²) in [7, 11) is 0. The first-order valence-electron chi connectivity index (χ1n) is 12.5. The Morgan fingerprint density at radius 2 is 1.58 bits per heavy atom. The van der Waals surface area contributed by atoms with Crippen LogP contribution in [0.2, 0.25) is 0 Å². The summed E-state index contributed by atoms with van der Waals surface area (Å²) >= 11 is 0. The van der Waals surface area contributed by atoms with Crippen molar-refractivity contribution >= 4 is 18.0 Å². The van der Waals surface area contributed by atoms with Crippen LogP contribution in [0.3, 0.4) is 0 Å². The predicted octanol–water partition coefficient (Wildman–Crippen LogP) is 4.50. The van der Waals surface area contributed by atoms with E-state index in [4.69, 9.17) is 0 Å². The molecule has 210 valence electrons. The van der Waals surface area contributed by atoms with Gasteiger partial charge in [0.25, 0.3) is 0 Å². The highest BCUT2D eigenvalue weighted by atomic mass is 19.4. The van der Waals surface area contributed by atoms with E-state index in [0.29, 0.717) is 25.0 Å². The van der Waals surface area contributed by atoms with E-state index in [1.165, 1.54) is 11.1 Å². The molecule has 2 aliphatic carbocycles. The lowest BCUT2D eigenvalue weighted by Crippen LogP contribution is -2.69. The predicted molar refractivity (Wildman–Crippen MR) is 125 cm³/mol. The maximum Gasteiger partial charge on any atom is 0.490 e. The monoisotopic (exact) mass is 548 g/mol. The number of rotatable bonds is 10. The first kappa shape index (κ1) is 28.4. The van der Waals surface area contributed by atoms with Crippen LogP contribution in [0, 0.1) is 11.3 Å². The number of benzene rings is 1. The molecule has 1 N–H and O–H groups in total. The van der Waals surface area contributed by atoms with Crippen molar-refractivity contribution in [3.63, 3.8) is 0 Å². The van der Waals surface area contributed by atoms with E-state index in [-0.39, 0.29) is 11.5 Å². The third kappa shape index (κ3) is 6.88. The summed E-state index contributed by atoms with van der Waals surface area (Å²) in [6.45, 7) is 1.29. The average Bonchev–Trinajstić information content (AvgIpc) is 3.56. The molecule has 0 bridgehead atoms. The summed E-state index contributed by atoms with van der Waals surface area (Å²) in [5, 5.41) is 3.67. The van der Waals surface area contributed by atoms with Crippen LogP contribution in [0.1, 0.15) is 38.2 Å². The number of nitrogens with one attached hydrogen (secondary N) is 1. The highest BCUT2D eigenvalue weighted by Gasteiger charge is 2.55. The highest BCUT2D eigenvalue weighted by molar-refractivity contribution is 5.76. The van der Waals surface area contributed by atoms with Gasteiger partial charge >= 0.3 is 24.3 Å². The molecular weight excluding hydrogens is 518 g/mol. The quantitative estimate of drug-likeness (QED) is 0.343. The maximum atomic E-state index is 12.5. The molecule has 4 rings (SSSR count). The molecule has 2 saturated carbocycles. The van der Waals surface area contributed by atoms with E-state index in [1.807, 2.05) is 18.2 Å². The summed E-state index contributed by atoms with van der Waals surface area (Å²) in [4.78, 5) is 23.7. The lowest BCUT2D eigenvalue weighted by Gasteiger charge is -2.61. The maximum absolute atomic E-state index is 12.5. The number of alkyl halides is 6. The Kier molecular flexibility index (Phi) is 8.13. The van der Waals surface area contributed by atoms with Gasteiger partial charge in [-0.05, 0) is 42.6 Å². The van der Waals surface area contributed by atoms with Crippen molar-refractivity contribution < 1.29 is 45.4 Å². The van der Waals surface area contributed by atoms with Crippen molar-refractivity contribution in [2.45, 2.75) is 63.1 Å². The van der Waals surface area contributed by atoms with Gasteiger partial charge in [0.05, 0.1) is 6.04 Å². The lowest BCUT2D eigenvalue weighted by molar-refractivity contribution is -0.209. The molecule has 3 fully saturated rings. The molecule has 0 unspecified atom stereocenters. The fourth-order valence-corrected chi connectivity index (χ4v) is 5.53. The minimum atomic E-state index is -5.23. The van der Waals surface area contributed by atoms with Crippen LogP contribution < -0.4 is 5.32 Å². The van der Waals surface area contributed by atoms with Crippen LogP contribution in [0.25, 0.3) is 6.08 Å².